The third-order valence-corrected chi connectivity index (χ3v) is 5.59. The van der Waals surface area contributed by atoms with Crippen LogP contribution in [0.5, 0.6) is 5.75 Å². The van der Waals surface area contributed by atoms with Crippen LogP contribution in [0.1, 0.15) is 55.4 Å². The lowest BCUT2D eigenvalue weighted by Gasteiger charge is -2.24. The largest absolute Gasteiger partial charge is 0.497 e. The van der Waals surface area contributed by atoms with E-state index in [9.17, 15) is 5.11 Å². The van der Waals surface area contributed by atoms with Gasteiger partial charge in [-0.25, -0.2) is 0 Å². The molecule has 1 aliphatic heterocycles. The molecule has 0 bridgehead atoms. The molecule has 0 radical (unpaired) electrons. The van der Waals surface area contributed by atoms with Gasteiger partial charge in [-0.1, -0.05) is 25.0 Å². The van der Waals surface area contributed by atoms with Crippen molar-refractivity contribution < 1.29 is 9.84 Å². The summed E-state index contributed by atoms with van der Waals surface area (Å²) in [6.45, 7) is 1.47. The van der Waals surface area contributed by atoms with Crippen molar-refractivity contribution in [2.45, 2.75) is 56.8 Å². The van der Waals surface area contributed by atoms with Crippen molar-refractivity contribution in [3.63, 3.8) is 0 Å². The minimum Gasteiger partial charge on any atom is -0.497 e. The number of aliphatic hydroxyl groups is 1. The molecule has 4 rings (SSSR count). The third-order valence-electron chi connectivity index (χ3n) is 5.59. The first-order valence-electron chi connectivity index (χ1n) is 9.33. The fourth-order valence-corrected chi connectivity index (χ4v) is 4.29. The molecule has 0 amide bonds. The monoisotopic (exact) mass is 341 g/mol. The van der Waals surface area contributed by atoms with E-state index in [-0.39, 0.29) is 12.1 Å². The van der Waals surface area contributed by atoms with Crippen molar-refractivity contribution in [1.82, 2.24) is 14.7 Å². The van der Waals surface area contributed by atoms with Crippen LogP contribution in [0, 0.1) is 0 Å². The molecule has 0 unspecified atom stereocenters. The second-order valence-electron chi connectivity index (χ2n) is 7.34. The van der Waals surface area contributed by atoms with Crippen LogP contribution >= 0.6 is 0 Å². The number of hydrogen-bond donors (Lipinski definition) is 1. The number of likely N-dealkylation sites (tertiary alicyclic amines) is 1. The molecule has 1 aliphatic carbocycles. The smallest absolute Gasteiger partial charge is 0.119 e. The van der Waals surface area contributed by atoms with E-state index < -0.39 is 0 Å². The molecular weight excluding hydrogens is 314 g/mol. The van der Waals surface area contributed by atoms with Gasteiger partial charge in [-0.3, -0.25) is 9.58 Å². The summed E-state index contributed by atoms with van der Waals surface area (Å²) in [5, 5.41) is 15.0. The molecule has 2 heterocycles. The van der Waals surface area contributed by atoms with Crippen LogP contribution in [0.4, 0.5) is 0 Å². The standard InChI is InChI=1S/C20H27N3O2/c1-25-19-8-4-5-15(11-19)20-12-18(24)14-22(20)13-16-9-10-23(21-16)17-6-2-3-7-17/h4-5,8-11,17-18,20,24H,2-3,6-7,12-14H2,1H3/t18-,20+/m1/s1. The number of aromatic nitrogens is 2. The molecular formula is C20H27N3O2. The van der Waals surface area contributed by atoms with E-state index in [1.807, 2.05) is 12.1 Å². The molecule has 1 aromatic heterocycles. The molecule has 1 saturated carbocycles. The van der Waals surface area contributed by atoms with Crippen LogP contribution in [0.25, 0.3) is 0 Å². The lowest BCUT2D eigenvalue weighted by atomic mass is 10.0. The Morgan fingerprint density at radius 3 is 2.88 bits per heavy atom. The molecule has 5 nitrogen and oxygen atoms in total. The molecule has 0 spiro atoms. The van der Waals surface area contributed by atoms with E-state index in [4.69, 9.17) is 9.84 Å². The second-order valence-corrected chi connectivity index (χ2v) is 7.34. The van der Waals surface area contributed by atoms with E-state index in [1.54, 1.807) is 7.11 Å². The summed E-state index contributed by atoms with van der Waals surface area (Å²) >= 11 is 0. The van der Waals surface area contributed by atoms with Crippen molar-refractivity contribution >= 4 is 0 Å². The average Bonchev–Trinajstić information content (AvgIpc) is 3.36. The second kappa shape index (κ2) is 7.18. The SMILES string of the molecule is COc1cccc([C@@H]2C[C@@H](O)CN2Cc2ccn(C3CCCC3)n2)c1. The number of β-amino-alcohol motifs (C(OH)–C–C–N with tert-alkyl or cyclic N) is 1. The van der Waals surface area contributed by atoms with Gasteiger partial charge in [0.1, 0.15) is 5.75 Å². The Morgan fingerprint density at radius 1 is 1.24 bits per heavy atom. The molecule has 1 N–H and O–H groups in total. The maximum absolute atomic E-state index is 10.2. The van der Waals surface area contributed by atoms with E-state index in [0.717, 1.165) is 24.4 Å². The highest BCUT2D eigenvalue weighted by Crippen LogP contribution is 2.35. The normalized spacial score (nSPS) is 24.9. The van der Waals surface area contributed by atoms with Gasteiger partial charge in [0, 0.05) is 25.3 Å². The zero-order chi connectivity index (χ0) is 17.2. The zero-order valence-electron chi connectivity index (χ0n) is 14.8. The van der Waals surface area contributed by atoms with E-state index in [1.165, 1.54) is 31.2 Å². The van der Waals surface area contributed by atoms with Gasteiger partial charge in [0.05, 0.1) is 24.9 Å². The molecule has 2 atom stereocenters. The van der Waals surface area contributed by atoms with Gasteiger partial charge in [-0.2, -0.15) is 5.10 Å². The van der Waals surface area contributed by atoms with Gasteiger partial charge in [0.15, 0.2) is 0 Å². The molecule has 25 heavy (non-hydrogen) atoms. The van der Waals surface area contributed by atoms with Gasteiger partial charge in [0.25, 0.3) is 0 Å². The summed E-state index contributed by atoms with van der Waals surface area (Å²) in [6.07, 6.45) is 7.72. The fraction of sp³-hybridized carbons (Fsp3) is 0.550. The van der Waals surface area contributed by atoms with E-state index >= 15 is 0 Å². The molecule has 1 aromatic carbocycles. The highest BCUT2D eigenvalue weighted by atomic mass is 16.5. The summed E-state index contributed by atoms with van der Waals surface area (Å²) in [5.41, 5.74) is 2.29. The molecule has 2 aromatic rings. The van der Waals surface area contributed by atoms with Gasteiger partial charge < -0.3 is 9.84 Å². The van der Waals surface area contributed by atoms with Gasteiger partial charge >= 0.3 is 0 Å². The Bertz CT molecular complexity index is 708. The Morgan fingerprint density at radius 2 is 2.08 bits per heavy atom. The maximum atomic E-state index is 10.2. The van der Waals surface area contributed by atoms with Gasteiger partial charge in [-0.05, 0) is 43.0 Å². The fourth-order valence-electron chi connectivity index (χ4n) is 4.29. The first kappa shape index (κ1) is 16.6. The highest BCUT2D eigenvalue weighted by molar-refractivity contribution is 5.31. The average molecular weight is 341 g/mol. The number of nitrogens with zero attached hydrogens (tertiary/aromatic N) is 3. The lowest BCUT2D eigenvalue weighted by molar-refractivity contribution is 0.172. The number of aliphatic hydroxyl groups excluding tert-OH is 1. The van der Waals surface area contributed by atoms with Crippen LogP contribution in [0.3, 0.4) is 0 Å². The third kappa shape index (κ3) is 3.58. The predicted molar refractivity (Wildman–Crippen MR) is 96.5 cm³/mol. The Labute approximate surface area is 149 Å². The Balaban J connectivity index is 1.50. The van der Waals surface area contributed by atoms with Crippen molar-refractivity contribution in [3.8, 4) is 5.75 Å². The Kier molecular flexibility index (Phi) is 4.77. The summed E-state index contributed by atoms with van der Waals surface area (Å²) in [7, 11) is 1.69. The van der Waals surface area contributed by atoms with E-state index in [0.29, 0.717) is 12.6 Å². The summed E-state index contributed by atoms with van der Waals surface area (Å²) in [4.78, 5) is 2.33. The zero-order valence-corrected chi connectivity index (χ0v) is 14.8. The van der Waals surface area contributed by atoms with Gasteiger partial charge in [-0.15, -0.1) is 0 Å². The minimum absolute atomic E-state index is 0.210. The topological polar surface area (TPSA) is 50.5 Å². The Hall–Kier alpha value is -1.85. The van der Waals surface area contributed by atoms with Crippen molar-refractivity contribution in [2.24, 2.45) is 0 Å². The summed E-state index contributed by atoms with van der Waals surface area (Å²) < 4.78 is 7.51. The van der Waals surface area contributed by atoms with Gasteiger partial charge in [0.2, 0.25) is 0 Å². The van der Waals surface area contributed by atoms with Crippen LogP contribution in [0.2, 0.25) is 0 Å². The summed E-state index contributed by atoms with van der Waals surface area (Å²) in [5.74, 6) is 0.865. The van der Waals surface area contributed by atoms with Crippen LogP contribution < -0.4 is 4.74 Å². The van der Waals surface area contributed by atoms with Crippen LogP contribution in [-0.4, -0.2) is 39.5 Å². The number of ether oxygens (including phenoxy) is 1. The number of hydrogen-bond acceptors (Lipinski definition) is 4. The number of methoxy groups -OCH3 is 1. The summed E-state index contributed by atoms with van der Waals surface area (Å²) in [6, 6.07) is 11.1. The molecule has 2 fully saturated rings. The number of benzene rings is 1. The first-order chi connectivity index (χ1) is 12.2. The first-order valence-corrected chi connectivity index (χ1v) is 9.33. The predicted octanol–water partition coefficient (Wildman–Crippen LogP) is 3.31. The molecule has 2 aliphatic rings. The molecule has 1 saturated heterocycles. The van der Waals surface area contributed by atoms with Crippen LogP contribution in [-0.2, 0) is 6.54 Å². The highest BCUT2D eigenvalue weighted by Gasteiger charge is 2.32. The van der Waals surface area contributed by atoms with Crippen molar-refractivity contribution in [1.29, 1.82) is 0 Å². The maximum Gasteiger partial charge on any atom is 0.119 e. The lowest BCUT2D eigenvalue weighted by Crippen LogP contribution is -2.24. The van der Waals surface area contributed by atoms with Crippen molar-refractivity contribution in [2.75, 3.05) is 13.7 Å². The molecule has 134 valence electrons. The van der Waals surface area contributed by atoms with Crippen LogP contribution in [0.15, 0.2) is 36.5 Å². The number of rotatable bonds is 5. The van der Waals surface area contributed by atoms with Crippen molar-refractivity contribution in [3.05, 3.63) is 47.8 Å². The molecule has 5 heteroatoms. The van der Waals surface area contributed by atoms with E-state index in [2.05, 4.69) is 34.0 Å². The minimum atomic E-state index is -0.284. The quantitative estimate of drug-likeness (QED) is 0.906.